The second kappa shape index (κ2) is 4.01. The Morgan fingerprint density at radius 1 is 1.50 bits per heavy atom. The number of rotatable bonds is 3. The number of hydrogen-bond donors (Lipinski definition) is 0. The first-order valence-electron chi connectivity index (χ1n) is 5.78. The predicted octanol–water partition coefficient (Wildman–Crippen LogP) is 2.65. The first-order chi connectivity index (χ1) is 7.84. The molecule has 0 radical (unpaired) electrons. The summed E-state index contributed by atoms with van der Waals surface area (Å²) < 4.78 is 2.46. The van der Waals surface area contributed by atoms with Crippen LogP contribution in [0, 0.1) is 5.92 Å². The monoisotopic (exact) mass is 234 g/mol. The Kier molecular flexibility index (Phi) is 2.52. The quantitative estimate of drug-likeness (QED) is 0.818. The van der Waals surface area contributed by atoms with Crippen LogP contribution in [-0.2, 0) is 6.54 Å². The van der Waals surface area contributed by atoms with Crippen molar-refractivity contribution in [1.82, 2.24) is 9.78 Å². The fraction of sp³-hybridized carbons (Fsp3) is 0.500. The maximum atomic E-state index is 12.0. The zero-order valence-corrected chi connectivity index (χ0v) is 9.87. The first-order valence-corrected chi connectivity index (χ1v) is 6.66. The van der Waals surface area contributed by atoms with Gasteiger partial charge in [0.25, 0.3) is 5.56 Å². The average Bonchev–Trinajstić information content (AvgIpc) is 2.67. The molecule has 2 aromatic rings. The molecule has 0 saturated heterocycles. The maximum Gasteiger partial charge on any atom is 0.284 e. The molecule has 2 aromatic heterocycles. The highest BCUT2D eigenvalue weighted by molar-refractivity contribution is 7.17. The summed E-state index contributed by atoms with van der Waals surface area (Å²) in [6.45, 7) is 0.775. The highest BCUT2D eigenvalue weighted by Crippen LogP contribution is 2.29. The van der Waals surface area contributed by atoms with E-state index in [4.69, 9.17) is 0 Å². The van der Waals surface area contributed by atoms with Crippen molar-refractivity contribution >= 4 is 21.4 Å². The molecule has 0 unspecified atom stereocenters. The molecule has 1 fully saturated rings. The molecule has 0 atom stereocenters. The minimum Gasteiger partial charge on any atom is -0.266 e. The summed E-state index contributed by atoms with van der Waals surface area (Å²) in [4.78, 5) is 12.0. The van der Waals surface area contributed by atoms with Gasteiger partial charge < -0.3 is 0 Å². The predicted molar refractivity (Wildman–Crippen MR) is 65.8 cm³/mol. The number of nitrogens with zero attached hydrogens (tertiary/aromatic N) is 2. The second-order valence-electron chi connectivity index (χ2n) is 4.46. The smallest absolute Gasteiger partial charge is 0.266 e. The van der Waals surface area contributed by atoms with Crippen molar-refractivity contribution < 1.29 is 0 Å². The van der Waals surface area contributed by atoms with Crippen molar-refractivity contribution in [2.75, 3.05) is 0 Å². The molecular weight excluding hydrogens is 220 g/mol. The van der Waals surface area contributed by atoms with Gasteiger partial charge in [0.1, 0.15) is 4.70 Å². The SMILES string of the molecule is O=c1c2sccc2cnn1CCC1CCC1. The van der Waals surface area contributed by atoms with E-state index >= 15 is 0 Å². The van der Waals surface area contributed by atoms with Gasteiger partial charge in [-0.05, 0) is 23.8 Å². The fourth-order valence-corrected chi connectivity index (χ4v) is 2.96. The Balaban J connectivity index is 1.85. The Hall–Kier alpha value is -1.16. The van der Waals surface area contributed by atoms with E-state index in [2.05, 4.69) is 5.10 Å². The lowest BCUT2D eigenvalue weighted by Gasteiger charge is -2.24. The summed E-state index contributed by atoms with van der Waals surface area (Å²) in [5, 5.41) is 7.14. The molecule has 0 aromatic carbocycles. The van der Waals surface area contributed by atoms with Gasteiger partial charge in [0.15, 0.2) is 0 Å². The van der Waals surface area contributed by atoms with E-state index in [9.17, 15) is 4.79 Å². The minimum atomic E-state index is 0.0758. The van der Waals surface area contributed by atoms with E-state index in [1.807, 2.05) is 11.4 Å². The summed E-state index contributed by atoms with van der Waals surface area (Å²) in [7, 11) is 0. The zero-order valence-electron chi connectivity index (χ0n) is 9.06. The van der Waals surface area contributed by atoms with E-state index in [0.29, 0.717) is 0 Å². The second-order valence-corrected chi connectivity index (χ2v) is 5.38. The molecule has 2 heterocycles. The summed E-state index contributed by atoms with van der Waals surface area (Å²) in [6, 6.07) is 1.95. The Bertz CT molecular complexity index is 553. The van der Waals surface area contributed by atoms with Gasteiger partial charge in [-0.15, -0.1) is 11.3 Å². The molecule has 1 aliphatic rings. The van der Waals surface area contributed by atoms with Gasteiger partial charge in [-0.1, -0.05) is 19.3 Å². The van der Waals surface area contributed by atoms with Gasteiger partial charge in [0.2, 0.25) is 0 Å². The number of fused-ring (bicyclic) bond motifs is 1. The fourth-order valence-electron chi connectivity index (χ4n) is 2.14. The third kappa shape index (κ3) is 1.67. The molecular formula is C12H14N2OS. The van der Waals surface area contributed by atoms with Gasteiger partial charge >= 0.3 is 0 Å². The molecule has 0 bridgehead atoms. The van der Waals surface area contributed by atoms with E-state index < -0.39 is 0 Å². The normalized spacial score (nSPS) is 16.5. The van der Waals surface area contributed by atoms with Gasteiger partial charge in [-0.25, -0.2) is 4.68 Å². The van der Waals surface area contributed by atoms with Crippen LogP contribution in [0.3, 0.4) is 0 Å². The van der Waals surface area contributed by atoms with Gasteiger partial charge in [0, 0.05) is 11.9 Å². The van der Waals surface area contributed by atoms with Crippen LogP contribution in [0.1, 0.15) is 25.7 Å². The molecule has 1 saturated carbocycles. The van der Waals surface area contributed by atoms with Gasteiger partial charge in [-0.3, -0.25) is 4.79 Å². The van der Waals surface area contributed by atoms with Crippen LogP contribution in [0.2, 0.25) is 0 Å². The number of thiophene rings is 1. The van der Waals surface area contributed by atoms with E-state index in [1.165, 1.54) is 30.6 Å². The number of aromatic nitrogens is 2. The first kappa shape index (κ1) is 10.0. The van der Waals surface area contributed by atoms with Crippen molar-refractivity contribution in [3.63, 3.8) is 0 Å². The largest absolute Gasteiger partial charge is 0.284 e. The lowest BCUT2D eigenvalue weighted by molar-refractivity contribution is 0.276. The minimum absolute atomic E-state index is 0.0758. The maximum absolute atomic E-state index is 12.0. The van der Waals surface area contributed by atoms with Crippen LogP contribution >= 0.6 is 11.3 Å². The van der Waals surface area contributed by atoms with E-state index in [0.717, 1.165) is 29.0 Å². The van der Waals surface area contributed by atoms with Gasteiger partial charge in [0.05, 0.1) is 6.20 Å². The highest BCUT2D eigenvalue weighted by Gasteiger charge is 2.17. The third-order valence-corrected chi connectivity index (χ3v) is 4.35. The lowest BCUT2D eigenvalue weighted by Crippen LogP contribution is -2.24. The van der Waals surface area contributed by atoms with E-state index in [-0.39, 0.29) is 5.56 Å². The van der Waals surface area contributed by atoms with Crippen LogP contribution in [0.4, 0.5) is 0 Å². The Morgan fingerprint density at radius 3 is 3.12 bits per heavy atom. The number of hydrogen-bond acceptors (Lipinski definition) is 3. The van der Waals surface area contributed by atoms with Crippen LogP contribution < -0.4 is 5.56 Å². The molecule has 4 heteroatoms. The van der Waals surface area contributed by atoms with Crippen LogP contribution in [0.15, 0.2) is 22.4 Å². The highest BCUT2D eigenvalue weighted by atomic mass is 32.1. The molecule has 3 rings (SSSR count). The number of aryl methyl sites for hydroxylation is 1. The Labute approximate surface area is 97.7 Å². The third-order valence-electron chi connectivity index (χ3n) is 3.43. The lowest BCUT2D eigenvalue weighted by atomic mass is 9.83. The molecule has 0 aliphatic heterocycles. The summed E-state index contributed by atoms with van der Waals surface area (Å²) in [5.74, 6) is 0.827. The molecule has 1 aliphatic carbocycles. The van der Waals surface area contributed by atoms with Crippen molar-refractivity contribution in [2.45, 2.75) is 32.2 Å². The van der Waals surface area contributed by atoms with E-state index in [1.54, 1.807) is 10.9 Å². The molecule has 16 heavy (non-hydrogen) atoms. The summed E-state index contributed by atoms with van der Waals surface area (Å²) >= 11 is 1.51. The summed E-state index contributed by atoms with van der Waals surface area (Å²) in [6.07, 6.45) is 6.92. The molecule has 84 valence electrons. The van der Waals surface area contributed by atoms with Crippen molar-refractivity contribution in [1.29, 1.82) is 0 Å². The molecule has 3 nitrogen and oxygen atoms in total. The summed E-state index contributed by atoms with van der Waals surface area (Å²) in [5.41, 5.74) is 0.0758. The van der Waals surface area contributed by atoms with Crippen molar-refractivity contribution in [3.8, 4) is 0 Å². The van der Waals surface area contributed by atoms with Crippen LogP contribution in [-0.4, -0.2) is 9.78 Å². The van der Waals surface area contributed by atoms with Crippen molar-refractivity contribution in [2.24, 2.45) is 5.92 Å². The molecule has 0 spiro atoms. The standard InChI is InChI=1S/C12H14N2OS/c15-12-11-10(5-7-16-11)8-13-14(12)6-4-9-2-1-3-9/h5,7-9H,1-4,6H2. The molecule has 0 amide bonds. The zero-order chi connectivity index (χ0) is 11.0. The topological polar surface area (TPSA) is 34.9 Å². The van der Waals surface area contributed by atoms with Crippen molar-refractivity contribution in [3.05, 3.63) is 28.0 Å². The van der Waals surface area contributed by atoms with Crippen LogP contribution in [0.5, 0.6) is 0 Å². The molecule has 0 N–H and O–H groups in total. The Morgan fingerprint density at radius 2 is 2.38 bits per heavy atom. The van der Waals surface area contributed by atoms with Crippen LogP contribution in [0.25, 0.3) is 10.1 Å². The average molecular weight is 234 g/mol. The van der Waals surface area contributed by atoms with Gasteiger partial charge in [-0.2, -0.15) is 5.10 Å².